The summed E-state index contributed by atoms with van der Waals surface area (Å²) in [4.78, 5) is 14.3. The second-order valence-corrected chi connectivity index (χ2v) is 13.2. The summed E-state index contributed by atoms with van der Waals surface area (Å²) < 4.78 is 11.6. The van der Waals surface area contributed by atoms with Gasteiger partial charge in [0.1, 0.15) is 0 Å². The molecule has 0 aliphatic carbocycles. The van der Waals surface area contributed by atoms with E-state index in [1.54, 1.807) is 0 Å². The first-order chi connectivity index (χ1) is 21.6. The minimum absolute atomic E-state index is 0.0910. The van der Waals surface area contributed by atoms with Gasteiger partial charge < -0.3 is 24.6 Å². The molecule has 0 aromatic heterocycles. The van der Waals surface area contributed by atoms with Crippen molar-refractivity contribution in [2.24, 2.45) is 0 Å². The first-order valence-corrected chi connectivity index (χ1v) is 19.4. The molecule has 0 spiro atoms. The number of hydrogen-bond donors (Lipinski definition) is 2. The Balaban J connectivity index is 4.06. The number of esters is 1. The van der Waals surface area contributed by atoms with Gasteiger partial charge in [0.25, 0.3) is 0 Å². The molecule has 0 aliphatic heterocycles. The topological polar surface area (TPSA) is 79.2 Å². The smallest absolute Gasteiger partial charge is 0.305 e. The fourth-order valence-electron chi connectivity index (χ4n) is 5.95. The van der Waals surface area contributed by atoms with Crippen LogP contribution in [0.25, 0.3) is 0 Å². The Morgan fingerprint density at radius 1 is 0.568 bits per heavy atom. The lowest BCUT2D eigenvalue weighted by Crippen LogP contribution is -2.29. The quantitative estimate of drug-likeness (QED) is 0.0409. The van der Waals surface area contributed by atoms with Crippen LogP contribution in [0.15, 0.2) is 0 Å². The molecule has 0 aromatic rings. The number of carbonyl (C=O) groups excluding carboxylic acids is 1. The number of nitrogens with zero attached hydrogens (tertiary/aromatic N) is 1. The van der Waals surface area contributed by atoms with E-state index < -0.39 is 6.29 Å². The molecule has 44 heavy (non-hydrogen) atoms. The molecule has 6 heteroatoms. The summed E-state index contributed by atoms with van der Waals surface area (Å²) >= 11 is 0. The Morgan fingerprint density at radius 3 is 1.57 bits per heavy atom. The van der Waals surface area contributed by atoms with E-state index in [9.17, 15) is 15.0 Å². The molecule has 0 bridgehead atoms. The highest BCUT2D eigenvalue weighted by atomic mass is 16.6. The van der Waals surface area contributed by atoms with Crippen molar-refractivity contribution in [2.75, 3.05) is 32.8 Å². The first kappa shape index (κ1) is 43.3. The molecule has 0 amide bonds. The standard InChI is InChI=1S/C38H77NO5/c1-4-7-10-13-16-21-27-36(28-22-17-14-11-8-5-2)44-38(42)29-23-18-15-19-24-31-39(33-34-40)32-26-30-37(41)43-35-25-20-12-9-6-3/h36,38,40,42H,4-35H2,1-3H3. The maximum Gasteiger partial charge on any atom is 0.305 e. The molecule has 1 atom stereocenters. The highest BCUT2D eigenvalue weighted by Crippen LogP contribution is 2.19. The van der Waals surface area contributed by atoms with Gasteiger partial charge in [-0.15, -0.1) is 0 Å². The molecule has 2 N–H and O–H groups in total. The molecule has 0 saturated carbocycles. The largest absolute Gasteiger partial charge is 0.466 e. The molecular formula is C38H77NO5. The van der Waals surface area contributed by atoms with Gasteiger partial charge in [-0.2, -0.15) is 0 Å². The highest BCUT2D eigenvalue weighted by molar-refractivity contribution is 5.69. The van der Waals surface area contributed by atoms with Gasteiger partial charge in [0.15, 0.2) is 6.29 Å². The number of ether oxygens (including phenoxy) is 2. The molecule has 0 saturated heterocycles. The fraction of sp³-hybridized carbons (Fsp3) is 0.974. The van der Waals surface area contributed by atoms with Crippen LogP contribution in [0.5, 0.6) is 0 Å². The van der Waals surface area contributed by atoms with Crippen LogP contribution in [0.2, 0.25) is 0 Å². The van der Waals surface area contributed by atoms with Crippen molar-refractivity contribution in [2.45, 2.75) is 207 Å². The van der Waals surface area contributed by atoms with Crippen LogP contribution in [0, 0.1) is 0 Å². The summed E-state index contributed by atoms with van der Waals surface area (Å²) in [6, 6.07) is 0. The number of hydrogen-bond acceptors (Lipinski definition) is 6. The summed E-state index contributed by atoms with van der Waals surface area (Å²) in [5.74, 6) is -0.0910. The van der Waals surface area contributed by atoms with Crippen LogP contribution in [0.1, 0.15) is 194 Å². The van der Waals surface area contributed by atoms with Gasteiger partial charge in [0.05, 0.1) is 19.3 Å². The van der Waals surface area contributed by atoms with E-state index in [1.165, 1.54) is 96.3 Å². The van der Waals surface area contributed by atoms with Crippen LogP contribution in [0.3, 0.4) is 0 Å². The molecule has 264 valence electrons. The third-order valence-electron chi connectivity index (χ3n) is 8.82. The SMILES string of the molecule is CCCCCCCCC(CCCCCCCC)OC(O)CCCCCCCN(CCO)CCCC(=O)OCCCCCCC. The van der Waals surface area contributed by atoms with E-state index in [4.69, 9.17) is 9.47 Å². The molecule has 0 heterocycles. The predicted molar refractivity (Wildman–Crippen MR) is 187 cm³/mol. The normalized spacial score (nSPS) is 12.4. The predicted octanol–water partition coefficient (Wildman–Crippen LogP) is 10.1. The van der Waals surface area contributed by atoms with Gasteiger partial charge in [-0.1, -0.05) is 143 Å². The van der Waals surface area contributed by atoms with E-state index >= 15 is 0 Å². The van der Waals surface area contributed by atoms with Crippen molar-refractivity contribution in [1.82, 2.24) is 4.90 Å². The summed E-state index contributed by atoms with van der Waals surface area (Å²) in [5, 5.41) is 20.1. The highest BCUT2D eigenvalue weighted by Gasteiger charge is 2.15. The zero-order chi connectivity index (χ0) is 32.4. The van der Waals surface area contributed by atoms with Crippen molar-refractivity contribution in [3.8, 4) is 0 Å². The molecule has 0 aromatic carbocycles. The van der Waals surface area contributed by atoms with Crippen LogP contribution in [-0.4, -0.2) is 66.3 Å². The second-order valence-electron chi connectivity index (χ2n) is 13.2. The molecule has 0 fully saturated rings. The third-order valence-corrected chi connectivity index (χ3v) is 8.82. The van der Waals surface area contributed by atoms with Gasteiger partial charge in [-0.3, -0.25) is 4.79 Å². The lowest BCUT2D eigenvalue weighted by Gasteiger charge is -2.22. The van der Waals surface area contributed by atoms with E-state index in [1.807, 2.05) is 0 Å². The maximum absolute atomic E-state index is 12.0. The van der Waals surface area contributed by atoms with E-state index in [-0.39, 0.29) is 18.7 Å². The van der Waals surface area contributed by atoms with Crippen LogP contribution in [-0.2, 0) is 14.3 Å². The van der Waals surface area contributed by atoms with Crippen LogP contribution >= 0.6 is 0 Å². The Bertz CT molecular complexity index is 559. The number of aliphatic hydroxyl groups excluding tert-OH is 2. The minimum Gasteiger partial charge on any atom is -0.466 e. The Kier molecular flexibility index (Phi) is 34.6. The summed E-state index contributed by atoms with van der Waals surface area (Å²) in [7, 11) is 0. The second kappa shape index (κ2) is 35.2. The van der Waals surface area contributed by atoms with Gasteiger partial charge in [0.2, 0.25) is 0 Å². The van der Waals surface area contributed by atoms with Gasteiger partial charge in [-0.25, -0.2) is 0 Å². The molecule has 0 radical (unpaired) electrons. The molecule has 0 aliphatic rings. The number of unbranched alkanes of at least 4 members (excludes halogenated alkanes) is 18. The number of aliphatic hydroxyl groups is 2. The summed E-state index contributed by atoms with van der Waals surface area (Å²) in [6.45, 7) is 9.87. The van der Waals surface area contributed by atoms with Crippen molar-refractivity contribution in [3.05, 3.63) is 0 Å². The first-order valence-electron chi connectivity index (χ1n) is 19.4. The summed E-state index contributed by atoms with van der Waals surface area (Å²) in [6.07, 6.45) is 30.7. The van der Waals surface area contributed by atoms with Crippen molar-refractivity contribution in [3.63, 3.8) is 0 Å². The lowest BCUT2D eigenvalue weighted by molar-refractivity contribution is -0.144. The zero-order valence-corrected chi connectivity index (χ0v) is 29.8. The van der Waals surface area contributed by atoms with Gasteiger partial charge >= 0.3 is 5.97 Å². The average Bonchev–Trinajstić information content (AvgIpc) is 3.01. The van der Waals surface area contributed by atoms with Crippen LogP contribution in [0.4, 0.5) is 0 Å². The fourth-order valence-corrected chi connectivity index (χ4v) is 5.95. The third kappa shape index (κ3) is 31.3. The van der Waals surface area contributed by atoms with Gasteiger partial charge in [0, 0.05) is 13.0 Å². The minimum atomic E-state index is -0.632. The molecule has 6 nitrogen and oxygen atoms in total. The Hall–Kier alpha value is -0.690. The number of carbonyl (C=O) groups is 1. The zero-order valence-electron chi connectivity index (χ0n) is 29.8. The lowest BCUT2D eigenvalue weighted by atomic mass is 10.0. The van der Waals surface area contributed by atoms with E-state index in [0.717, 1.165) is 83.7 Å². The van der Waals surface area contributed by atoms with Crippen molar-refractivity contribution < 1.29 is 24.5 Å². The summed E-state index contributed by atoms with van der Waals surface area (Å²) in [5.41, 5.74) is 0. The van der Waals surface area contributed by atoms with Gasteiger partial charge in [-0.05, 0) is 58.0 Å². The van der Waals surface area contributed by atoms with Crippen molar-refractivity contribution in [1.29, 1.82) is 0 Å². The van der Waals surface area contributed by atoms with Crippen molar-refractivity contribution >= 4 is 5.97 Å². The number of rotatable bonds is 36. The Labute approximate surface area is 274 Å². The average molecular weight is 628 g/mol. The van der Waals surface area contributed by atoms with E-state index in [0.29, 0.717) is 19.6 Å². The monoisotopic (exact) mass is 628 g/mol. The van der Waals surface area contributed by atoms with Crippen LogP contribution < -0.4 is 0 Å². The molecule has 1 unspecified atom stereocenters. The Morgan fingerprint density at radius 2 is 1.02 bits per heavy atom. The molecule has 0 rings (SSSR count). The maximum atomic E-state index is 12.0. The van der Waals surface area contributed by atoms with E-state index in [2.05, 4.69) is 25.7 Å². The molecular weight excluding hydrogens is 550 g/mol.